The van der Waals surface area contributed by atoms with Crippen molar-refractivity contribution in [2.45, 2.75) is 40.0 Å². The summed E-state index contributed by atoms with van der Waals surface area (Å²) in [5, 5.41) is 15.8. The number of benzene rings is 2. The third-order valence-corrected chi connectivity index (χ3v) is 6.90. The van der Waals surface area contributed by atoms with E-state index in [1.54, 1.807) is 18.3 Å². The number of amides is 1. The maximum Gasteiger partial charge on any atom is 0.281 e. The molecule has 2 aromatic carbocycles. The number of aryl methyl sites for hydroxylation is 2. The molecule has 1 N–H and O–H groups in total. The van der Waals surface area contributed by atoms with Gasteiger partial charge in [0.05, 0.1) is 16.0 Å². The zero-order valence-electron chi connectivity index (χ0n) is 19.4. The first kappa shape index (κ1) is 23.4. The fourth-order valence-electron chi connectivity index (χ4n) is 3.98. The molecule has 4 aromatic rings. The number of thiophene rings is 1. The minimum absolute atomic E-state index is 0.00114. The van der Waals surface area contributed by atoms with Crippen LogP contribution in [0.15, 0.2) is 59.7 Å². The molecule has 0 aliphatic carbocycles. The molecule has 0 unspecified atom stereocenters. The van der Waals surface area contributed by atoms with E-state index < -0.39 is 4.92 Å². The largest absolute Gasteiger partial charge is 0.318 e. The van der Waals surface area contributed by atoms with Gasteiger partial charge in [0.2, 0.25) is 0 Å². The molecule has 8 heteroatoms. The van der Waals surface area contributed by atoms with Gasteiger partial charge in [-0.05, 0) is 62.6 Å². The minimum atomic E-state index is -0.446. The number of hydrogen-bond donors (Lipinski definition) is 1. The Labute approximate surface area is 201 Å². The van der Waals surface area contributed by atoms with Gasteiger partial charge in [-0.25, -0.2) is 5.43 Å². The Morgan fingerprint density at radius 1 is 1.15 bits per heavy atom. The van der Waals surface area contributed by atoms with Crippen molar-refractivity contribution >= 4 is 39.2 Å². The summed E-state index contributed by atoms with van der Waals surface area (Å²) in [6.07, 6.45) is 5.11. The third-order valence-electron chi connectivity index (χ3n) is 5.79. The van der Waals surface area contributed by atoms with Gasteiger partial charge in [0.25, 0.3) is 11.6 Å². The van der Waals surface area contributed by atoms with Gasteiger partial charge in [-0.15, -0.1) is 11.3 Å². The summed E-state index contributed by atoms with van der Waals surface area (Å²) in [5.74, 6) is -0.350. The predicted octanol–water partition coefficient (Wildman–Crippen LogP) is 6.32. The van der Waals surface area contributed by atoms with E-state index in [4.69, 9.17) is 0 Å². The zero-order valence-corrected chi connectivity index (χ0v) is 20.2. The lowest BCUT2D eigenvalue weighted by molar-refractivity contribution is -0.384. The Hall–Kier alpha value is -3.78. The fraction of sp³-hybridized carbons (Fsp3) is 0.231. The van der Waals surface area contributed by atoms with E-state index in [1.807, 2.05) is 19.9 Å². The van der Waals surface area contributed by atoms with Gasteiger partial charge in [-0.1, -0.05) is 25.5 Å². The maximum atomic E-state index is 12.6. The number of nitro groups is 1. The van der Waals surface area contributed by atoms with Crippen LogP contribution in [-0.4, -0.2) is 21.6 Å². The zero-order chi connectivity index (χ0) is 24.2. The average Bonchev–Trinajstić information content (AvgIpc) is 3.38. The first-order chi connectivity index (χ1) is 16.4. The van der Waals surface area contributed by atoms with Crippen LogP contribution in [0.2, 0.25) is 0 Å². The molecule has 0 saturated heterocycles. The average molecular weight is 475 g/mol. The van der Waals surface area contributed by atoms with E-state index in [-0.39, 0.29) is 11.6 Å². The summed E-state index contributed by atoms with van der Waals surface area (Å²) >= 11 is 1.27. The number of carbonyl (C=O) groups excluding carboxylic acids is 1. The highest BCUT2D eigenvalue weighted by molar-refractivity contribution is 7.20. The van der Waals surface area contributed by atoms with E-state index in [2.05, 4.69) is 46.3 Å². The van der Waals surface area contributed by atoms with E-state index in [0.29, 0.717) is 10.3 Å². The van der Waals surface area contributed by atoms with Gasteiger partial charge in [0.15, 0.2) is 0 Å². The summed E-state index contributed by atoms with van der Waals surface area (Å²) in [4.78, 5) is 23.5. The van der Waals surface area contributed by atoms with Gasteiger partial charge >= 0.3 is 0 Å². The summed E-state index contributed by atoms with van der Waals surface area (Å²) in [6, 6.07) is 16.9. The van der Waals surface area contributed by atoms with Gasteiger partial charge in [-0.2, -0.15) is 5.10 Å². The van der Waals surface area contributed by atoms with Crippen molar-refractivity contribution in [1.82, 2.24) is 9.99 Å². The molecule has 34 heavy (non-hydrogen) atoms. The van der Waals surface area contributed by atoms with Gasteiger partial charge < -0.3 is 4.57 Å². The molecule has 0 spiro atoms. The van der Waals surface area contributed by atoms with E-state index in [0.717, 1.165) is 33.8 Å². The molecule has 0 aliphatic heterocycles. The highest BCUT2D eigenvalue weighted by atomic mass is 32.1. The Bertz CT molecular complexity index is 1380. The second kappa shape index (κ2) is 10.0. The molecular formula is C26H26N4O3S. The summed E-state index contributed by atoms with van der Waals surface area (Å²) in [6.45, 7) is 6.27. The van der Waals surface area contributed by atoms with E-state index in [9.17, 15) is 14.9 Å². The molecule has 0 fully saturated rings. The molecule has 1 amide bonds. The SMILES string of the molecule is CCCCc1ccc(-n2c(C)cc(C=NNC(=O)c3cc4cc([N+](=O)[O-])ccc4s3)c2C)cc1. The molecule has 2 aromatic heterocycles. The van der Waals surface area contributed by atoms with Crippen LogP contribution in [0.25, 0.3) is 15.8 Å². The molecule has 0 aliphatic rings. The summed E-state index contributed by atoms with van der Waals surface area (Å²) in [5.41, 5.74) is 8.04. The summed E-state index contributed by atoms with van der Waals surface area (Å²) < 4.78 is 2.98. The Morgan fingerprint density at radius 3 is 2.62 bits per heavy atom. The molecule has 2 heterocycles. The quantitative estimate of drug-likeness (QED) is 0.184. The summed E-state index contributed by atoms with van der Waals surface area (Å²) in [7, 11) is 0. The fourth-order valence-corrected chi connectivity index (χ4v) is 4.91. The lowest BCUT2D eigenvalue weighted by Gasteiger charge is -2.10. The van der Waals surface area contributed by atoms with Crippen LogP contribution < -0.4 is 5.43 Å². The van der Waals surface area contributed by atoms with Crippen LogP contribution >= 0.6 is 11.3 Å². The first-order valence-corrected chi connectivity index (χ1v) is 12.0. The number of non-ortho nitro benzene ring substituents is 1. The van der Waals surface area contributed by atoms with Crippen LogP contribution in [0.3, 0.4) is 0 Å². The number of fused-ring (bicyclic) bond motifs is 1. The van der Waals surface area contributed by atoms with Crippen molar-refractivity contribution in [3.8, 4) is 5.69 Å². The van der Waals surface area contributed by atoms with Crippen molar-refractivity contribution in [2.75, 3.05) is 0 Å². The number of unbranched alkanes of at least 4 members (excludes halogenated alkanes) is 1. The van der Waals surface area contributed by atoms with Gasteiger partial charge in [-0.3, -0.25) is 14.9 Å². The van der Waals surface area contributed by atoms with Crippen molar-refractivity contribution in [3.63, 3.8) is 0 Å². The maximum absolute atomic E-state index is 12.6. The highest BCUT2D eigenvalue weighted by Crippen LogP contribution is 2.29. The smallest absolute Gasteiger partial charge is 0.281 e. The second-order valence-corrected chi connectivity index (χ2v) is 9.30. The number of nitrogens with zero attached hydrogens (tertiary/aromatic N) is 3. The molecule has 0 bridgehead atoms. The molecule has 174 valence electrons. The number of aromatic nitrogens is 1. The Balaban J connectivity index is 1.47. The van der Waals surface area contributed by atoms with Crippen molar-refractivity contribution in [1.29, 1.82) is 0 Å². The van der Waals surface area contributed by atoms with Crippen LogP contribution in [0.5, 0.6) is 0 Å². The molecule has 0 atom stereocenters. The van der Waals surface area contributed by atoms with Crippen LogP contribution in [-0.2, 0) is 6.42 Å². The molecule has 7 nitrogen and oxygen atoms in total. The number of hydrogen-bond acceptors (Lipinski definition) is 5. The molecule has 0 radical (unpaired) electrons. The highest BCUT2D eigenvalue weighted by Gasteiger charge is 2.14. The normalized spacial score (nSPS) is 11.4. The third kappa shape index (κ3) is 4.92. The van der Waals surface area contributed by atoms with Crippen LogP contribution in [0, 0.1) is 24.0 Å². The van der Waals surface area contributed by atoms with Crippen LogP contribution in [0.4, 0.5) is 5.69 Å². The molecule has 0 saturated carbocycles. The molecule has 4 rings (SSSR count). The molecular weight excluding hydrogens is 448 g/mol. The first-order valence-electron chi connectivity index (χ1n) is 11.2. The number of rotatable bonds is 8. The lowest BCUT2D eigenvalue weighted by Crippen LogP contribution is -2.16. The predicted molar refractivity (Wildman–Crippen MR) is 137 cm³/mol. The van der Waals surface area contributed by atoms with Crippen molar-refractivity contribution in [3.05, 3.63) is 92.1 Å². The monoisotopic (exact) mass is 474 g/mol. The topological polar surface area (TPSA) is 89.5 Å². The number of nitrogens with one attached hydrogen (secondary N) is 1. The van der Waals surface area contributed by atoms with Crippen molar-refractivity contribution in [2.24, 2.45) is 5.10 Å². The number of carbonyl (C=O) groups is 1. The van der Waals surface area contributed by atoms with Crippen LogP contribution in [0.1, 0.15) is 52.0 Å². The number of nitro benzene ring substituents is 1. The standard InChI is InChI=1S/C26H26N4O3S/c1-4-5-6-19-7-9-22(10-8-19)29-17(2)13-21(18(29)3)16-27-28-26(31)25-15-20-14-23(30(32)33)11-12-24(20)34-25/h7-16H,4-6H2,1-3H3,(H,28,31). The van der Waals surface area contributed by atoms with Gasteiger partial charge in [0.1, 0.15) is 0 Å². The Morgan fingerprint density at radius 2 is 1.91 bits per heavy atom. The Kier molecular flexibility index (Phi) is 6.88. The second-order valence-electron chi connectivity index (χ2n) is 8.22. The number of hydrazone groups is 1. The lowest BCUT2D eigenvalue weighted by atomic mass is 10.1. The minimum Gasteiger partial charge on any atom is -0.318 e. The van der Waals surface area contributed by atoms with E-state index >= 15 is 0 Å². The van der Waals surface area contributed by atoms with Crippen molar-refractivity contribution < 1.29 is 9.72 Å². The van der Waals surface area contributed by atoms with E-state index in [1.165, 1.54) is 41.9 Å². The van der Waals surface area contributed by atoms with Gasteiger partial charge in [0, 0.05) is 44.9 Å².